The summed E-state index contributed by atoms with van der Waals surface area (Å²) < 4.78 is 0. The number of phenols is 1. The van der Waals surface area contributed by atoms with E-state index in [9.17, 15) is 9.90 Å². The van der Waals surface area contributed by atoms with E-state index in [1.54, 1.807) is 24.3 Å². The number of hydrogen-bond acceptors (Lipinski definition) is 2. The first kappa shape index (κ1) is 12.9. The maximum Gasteiger partial charge on any atom is 0.255 e. The highest BCUT2D eigenvalue weighted by Gasteiger charge is 2.33. The summed E-state index contributed by atoms with van der Waals surface area (Å²) in [6.45, 7) is 4.39. The Labute approximate surface area is 108 Å². The van der Waals surface area contributed by atoms with Crippen molar-refractivity contribution in [1.82, 2.24) is 5.32 Å². The summed E-state index contributed by atoms with van der Waals surface area (Å²) in [5.41, 5.74) is 0.497. The number of benzene rings is 1. The van der Waals surface area contributed by atoms with Gasteiger partial charge in [-0.2, -0.15) is 0 Å². The molecule has 1 amide bonds. The summed E-state index contributed by atoms with van der Waals surface area (Å²) in [6.07, 6.45) is 4.55. The van der Waals surface area contributed by atoms with Gasteiger partial charge in [-0.15, -0.1) is 0 Å². The van der Waals surface area contributed by atoms with Gasteiger partial charge in [0, 0.05) is 6.04 Å². The number of rotatable bonds is 2. The highest BCUT2D eigenvalue weighted by atomic mass is 16.3. The number of aromatic hydroxyl groups is 1. The predicted molar refractivity (Wildman–Crippen MR) is 71.6 cm³/mol. The average molecular weight is 247 g/mol. The maximum atomic E-state index is 12.2. The van der Waals surface area contributed by atoms with E-state index < -0.39 is 0 Å². The number of phenolic OH excluding ortho intramolecular Hbond substituents is 1. The summed E-state index contributed by atoms with van der Waals surface area (Å²) in [5, 5.41) is 12.7. The molecule has 0 aromatic heterocycles. The second-order valence-electron chi connectivity index (χ2n) is 5.78. The fourth-order valence-corrected chi connectivity index (χ4v) is 2.66. The van der Waals surface area contributed by atoms with E-state index >= 15 is 0 Å². The van der Waals surface area contributed by atoms with Crippen LogP contribution < -0.4 is 5.32 Å². The first-order chi connectivity index (χ1) is 8.50. The molecule has 0 heterocycles. The van der Waals surface area contributed by atoms with Crippen molar-refractivity contribution in [3.63, 3.8) is 0 Å². The molecular formula is C15H21NO2. The van der Waals surface area contributed by atoms with Gasteiger partial charge in [0.25, 0.3) is 5.91 Å². The van der Waals surface area contributed by atoms with Gasteiger partial charge in [-0.1, -0.05) is 38.8 Å². The van der Waals surface area contributed by atoms with Gasteiger partial charge in [-0.05, 0) is 30.4 Å². The number of para-hydroxylation sites is 1. The molecule has 1 aromatic carbocycles. The van der Waals surface area contributed by atoms with Gasteiger partial charge in [0.1, 0.15) is 5.75 Å². The van der Waals surface area contributed by atoms with E-state index in [0.29, 0.717) is 5.56 Å². The van der Waals surface area contributed by atoms with E-state index in [-0.39, 0.29) is 23.1 Å². The Bertz CT molecular complexity index is 440. The van der Waals surface area contributed by atoms with Crippen LogP contribution in [0.5, 0.6) is 5.75 Å². The number of hydrogen-bond donors (Lipinski definition) is 2. The fourth-order valence-electron chi connectivity index (χ4n) is 2.66. The van der Waals surface area contributed by atoms with Crippen LogP contribution in [-0.4, -0.2) is 17.1 Å². The third-order valence-electron chi connectivity index (χ3n) is 3.96. The minimum atomic E-state index is -0.173. The Balaban J connectivity index is 2.10. The van der Waals surface area contributed by atoms with Crippen LogP contribution in [0.25, 0.3) is 0 Å². The van der Waals surface area contributed by atoms with Crippen LogP contribution >= 0.6 is 0 Å². The molecule has 0 spiro atoms. The summed E-state index contributed by atoms with van der Waals surface area (Å²) in [7, 11) is 0. The smallest absolute Gasteiger partial charge is 0.255 e. The van der Waals surface area contributed by atoms with Gasteiger partial charge >= 0.3 is 0 Å². The van der Waals surface area contributed by atoms with Crippen LogP contribution in [0.3, 0.4) is 0 Å². The second kappa shape index (κ2) is 5.01. The quantitative estimate of drug-likeness (QED) is 0.843. The van der Waals surface area contributed by atoms with Crippen molar-refractivity contribution < 1.29 is 9.90 Å². The zero-order chi connectivity index (χ0) is 13.2. The molecule has 1 aliphatic rings. The molecule has 98 valence electrons. The molecule has 1 atom stereocenters. The Hall–Kier alpha value is -1.51. The Kier molecular flexibility index (Phi) is 3.60. The Morgan fingerprint density at radius 1 is 1.33 bits per heavy atom. The normalized spacial score (nSPS) is 22.4. The summed E-state index contributed by atoms with van der Waals surface area (Å²) >= 11 is 0. The molecule has 1 unspecified atom stereocenters. The molecule has 2 N–H and O–H groups in total. The monoisotopic (exact) mass is 247 g/mol. The highest BCUT2D eigenvalue weighted by Crippen LogP contribution is 2.35. The van der Waals surface area contributed by atoms with E-state index in [4.69, 9.17) is 0 Å². The zero-order valence-electron chi connectivity index (χ0n) is 11.1. The molecule has 1 aliphatic carbocycles. The third-order valence-corrected chi connectivity index (χ3v) is 3.96. The van der Waals surface area contributed by atoms with Crippen LogP contribution in [0.1, 0.15) is 49.9 Å². The summed E-state index contributed by atoms with van der Waals surface area (Å²) in [4.78, 5) is 12.2. The van der Waals surface area contributed by atoms with Crippen molar-refractivity contribution in [2.24, 2.45) is 5.41 Å². The lowest BCUT2D eigenvalue weighted by atomic mass is 9.73. The largest absolute Gasteiger partial charge is 0.507 e. The summed E-state index contributed by atoms with van der Waals surface area (Å²) in [5.74, 6) is -0.128. The first-order valence-corrected chi connectivity index (χ1v) is 6.59. The van der Waals surface area contributed by atoms with Crippen molar-refractivity contribution in [2.45, 2.75) is 45.6 Å². The molecule has 18 heavy (non-hydrogen) atoms. The van der Waals surface area contributed by atoms with Crippen LogP contribution in [-0.2, 0) is 0 Å². The molecule has 1 fully saturated rings. The van der Waals surface area contributed by atoms with Gasteiger partial charge in [0.05, 0.1) is 5.56 Å². The van der Waals surface area contributed by atoms with Gasteiger partial charge in [0.2, 0.25) is 0 Å². The minimum Gasteiger partial charge on any atom is -0.507 e. The highest BCUT2D eigenvalue weighted by molar-refractivity contribution is 5.96. The van der Waals surface area contributed by atoms with Gasteiger partial charge < -0.3 is 10.4 Å². The lowest BCUT2D eigenvalue weighted by Crippen LogP contribution is -2.46. The lowest BCUT2D eigenvalue weighted by Gasteiger charge is -2.39. The first-order valence-electron chi connectivity index (χ1n) is 6.59. The topological polar surface area (TPSA) is 49.3 Å². The Morgan fingerprint density at radius 2 is 2.06 bits per heavy atom. The van der Waals surface area contributed by atoms with Crippen LogP contribution in [0.15, 0.2) is 24.3 Å². The molecule has 0 saturated heterocycles. The zero-order valence-corrected chi connectivity index (χ0v) is 11.1. The molecule has 1 aromatic rings. The van der Waals surface area contributed by atoms with Gasteiger partial charge in [-0.25, -0.2) is 0 Å². The SMILES string of the molecule is CC1(C)CCCCC1NC(=O)c1ccccc1O. The summed E-state index contributed by atoms with van der Waals surface area (Å²) in [6, 6.07) is 6.87. The van der Waals surface area contributed by atoms with Crippen molar-refractivity contribution >= 4 is 5.91 Å². The van der Waals surface area contributed by atoms with Gasteiger partial charge in [0.15, 0.2) is 0 Å². The van der Waals surface area contributed by atoms with Crippen LogP contribution in [0.2, 0.25) is 0 Å². The van der Waals surface area contributed by atoms with Crippen LogP contribution in [0.4, 0.5) is 0 Å². The van der Waals surface area contributed by atoms with Gasteiger partial charge in [-0.3, -0.25) is 4.79 Å². The molecule has 2 rings (SSSR count). The van der Waals surface area contributed by atoms with E-state index in [0.717, 1.165) is 19.3 Å². The molecule has 3 nitrogen and oxygen atoms in total. The average Bonchev–Trinajstić information content (AvgIpc) is 2.32. The van der Waals surface area contributed by atoms with E-state index in [1.807, 2.05) is 0 Å². The number of nitrogens with one attached hydrogen (secondary N) is 1. The molecule has 1 saturated carbocycles. The molecule has 3 heteroatoms. The van der Waals surface area contributed by atoms with Crippen molar-refractivity contribution in [2.75, 3.05) is 0 Å². The van der Waals surface area contributed by atoms with Crippen molar-refractivity contribution in [3.05, 3.63) is 29.8 Å². The molecule has 0 bridgehead atoms. The van der Waals surface area contributed by atoms with E-state index in [2.05, 4.69) is 19.2 Å². The predicted octanol–water partition coefficient (Wildman–Crippen LogP) is 3.09. The second-order valence-corrected chi connectivity index (χ2v) is 5.78. The van der Waals surface area contributed by atoms with Crippen molar-refractivity contribution in [3.8, 4) is 5.75 Å². The molecule has 0 aliphatic heterocycles. The lowest BCUT2D eigenvalue weighted by molar-refractivity contribution is 0.0851. The van der Waals surface area contributed by atoms with E-state index in [1.165, 1.54) is 6.42 Å². The van der Waals surface area contributed by atoms with Crippen LogP contribution in [0, 0.1) is 5.41 Å². The Morgan fingerprint density at radius 3 is 2.72 bits per heavy atom. The van der Waals surface area contributed by atoms with Crippen molar-refractivity contribution in [1.29, 1.82) is 0 Å². The third kappa shape index (κ3) is 2.66. The number of carbonyl (C=O) groups is 1. The maximum absolute atomic E-state index is 12.2. The molecule has 0 radical (unpaired) electrons. The fraction of sp³-hybridized carbons (Fsp3) is 0.533. The standard InChI is InChI=1S/C15H21NO2/c1-15(2)10-6-5-9-13(15)16-14(18)11-7-3-4-8-12(11)17/h3-4,7-8,13,17H,5-6,9-10H2,1-2H3,(H,16,18). The number of amides is 1. The number of carbonyl (C=O) groups excluding carboxylic acids is 1. The minimum absolute atomic E-state index is 0.0450. The molecular weight excluding hydrogens is 226 g/mol.